The molecule has 2 saturated heterocycles. The van der Waals surface area contributed by atoms with Crippen LogP contribution in [0, 0.1) is 5.21 Å². The minimum absolute atomic E-state index is 0.00916. The SMILES string of the molecule is [2H]C1([2H])CC2(CC([2H])([2H])N1C(=O)OCC)OC21c2ccc(Cl)cc2CCc2ccc[n+]([O-])c21. The van der Waals surface area contributed by atoms with Gasteiger partial charge in [-0.05, 0) is 56.4 Å². The Balaban J connectivity index is 1.70. The van der Waals surface area contributed by atoms with Crippen molar-refractivity contribution in [3.05, 3.63) is 69.1 Å². The number of amides is 1. The molecule has 1 aromatic heterocycles. The van der Waals surface area contributed by atoms with Gasteiger partial charge in [-0.15, -0.1) is 0 Å². The number of aryl methyl sites for hydroxylation is 2. The number of likely N-dealkylation sites (tertiary alicyclic amines) is 1. The third-order valence-electron chi connectivity index (χ3n) is 5.93. The molecule has 1 aliphatic carbocycles. The van der Waals surface area contributed by atoms with Crippen LogP contribution in [0.1, 0.15) is 47.6 Å². The van der Waals surface area contributed by atoms with E-state index in [1.165, 1.54) is 6.20 Å². The van der Waals surface area contributed by atoms with Gasteiger partial charge >= 0.3 is 6.09 Å². The van der Waals surface area contributed by atoms with Crippen LogP contribution in [0.2, 0.25) is 5.02 Å². The quantitative estimate of drug-likeness (QED) is 0.404. The summed E-state index contributed by atoms with van der Waals surface area (Å²) in [5.41, 5.74) is -0.100. The Kier molecular flexibility index (Phi) is 3.33. The van der Waals surface area contributed by atoms with Gasteiger partial charge in [-0.1, -0.05) is 17.7 Å². The summed E-state index contributed by atoms with van der Waals surface area (Å²) in [4.78, 5) is 13.0. The van der Waals surface area contributed by atoms with Gasteiger partial charge in [0.05, 0.1) is 6.61 Å². The predicted molar refractivity (Wildman–Crippen MR) is 107 cm³/mol. The molecule has 29 heavy (non-hydrogen) atoms. The second-order valence-electron chi connectivity index (χ2n) is 7.49. The molecule has 1 aromatic carbocycles. The van der Waals surface area contributed by atoms with Gasteiger partial charge in [-0.25, -0.2) is 4.79 Å². The molecule has 0 bridgehead atoms. The van der Waals surface area contributed by atoms with Crippen LogP contribution in [0.25, 0.3) is 0 Å². The highest BCUT2D eigenvalue weighted by Crippen LogP contribution is 2.65. The maximum atomic E-state index is 13.1. The highest BCUT2D eigenvalue weighted by Gasteiger charge is 2.77. The lowest BCUT2D eigenvalue weighted by atomic mass is 9.76. The van der Waals surface area contributed by atoms with Crippen LogP contribution < -0.4 is 4.73 Å². The van der Waals surface area contributed by atoms with Gasteiger partial charge in [0, 0.05) is 40.7 Å². The Morgan fingerprint density at radius 3 is 2.86 bits per heavy atom. The third-order valence-corrected chi connectivity index (χ3v) is 6.17. The van der Waals surface area contributed by atoms with E-state index in [4.69, 9.17) is 26.6 Å². The average molecular weight is 419 g/mol. The standard InChI is InChI=1S/C22H23ClN2O4/c1-2-28-20(26)24-12-9-21(10-13-24)22(29-21)18-8-7-17(23)14-16(18)6-5-15-4-3-11-25(27)19(15)22/h3-4,7-8,11,14H,2,5-6,9-10,12-13H2,1H3/i12D2,13D2. The van der Waals surface area contributed by atoms with E-state index in [-0.39, 0.29) is 19.4 Å². The van der Waals surface area contributed by atoms with E-state index >= 15 is 0 Å². The summed E-state index contributed by atoms with van der Waals surface area (Å²) in [5, 5.41) is 13.6. The fourth-order valence-electron chi connectivity index (χ4n) is 4.63. The number of carbonyl (C=O) groups is 1. The van der Waals surface area contributed by atoms with Crippen molar-refractivity contribution in [2.75, 3.05) is 19.6 Å². The minimum atomic E-state index is -2.42. The van der Waals surface area contributed by atoms with Crippen LogP contribution in [0.5, 0.6) is 0 Å². The van der Waals surface area contributed by atoms with Crippen molar-refractivity contribution in [1.29, 1.82) is 0 Å². The molecule has 2 fully saturated rings. The molecule has 3 heterocycles. The molecule has 2 aromatic rings. The lowest BCUT2D eigenvalue weighted by Crippen LogP contribution is -2.47. The number of hydrogen-bond acceptors (Lipinski definition) is 4. The molecule has 1 unspecified atom stereocenters. The Hall–Kier alpha value is -2.31. The molecule has 3 aliphatic rings. The maximum Gasteiger partial charge on any atom is 0.409 e. The first-order valence-corrected chi connectivity index (χ1v) is 10.0. The summed E-state index contributed by atoms with van der Waals surface area (Å²) in [6.07, 6.45) is 0.811. The van der Waals surface area contributed by atoms with Crippen LogP contribution >= 0.6 is 11.6 Å². The van der Waals surface area contributed by atoms with Gasteiger partial charge in [-0.3, -0.25) is 0 Å². The zero-order valence-electron chi connectivity index (χ0n) is 19.9. The maximum absolute atomic E-state index is 13.1. The smallest absolute Gasteiger partial charge is 0.409 e. The number of benzene rings is 1. The van der Waals surface area contributed by atoms with Gasteiger partial charge in [0.25, 0.3) is 0 Å². The number of epoxide rings is 1. The lowest BCUT2D eigenvalue weighted by Gasteiger charge is -2.31. The molecule has 2 aliphatic heterocycles. The number of ether oxygens (including phenoxy) is 2. The number of hydrogen-bond donors (Lipinski definition) is 0. The zero-order valence-corrected chi connectivity index (χ0v) is 16.7. The molecular formula is C22H23ClN2O4. The van der Waals surface area contributed by atoms with Crippen LogP contribution in [0.4, 0.5) is 4.79 Å². The number of fused-ring (bicyclic) bond motifs is 5. The molecule has 1 atom stereocenters. The normalized spacial score (nSPS) is 29.5. The molecule has 2 spiro atoms. The summed E-state index contributed by atoms with van der Waals surface area (Å²) in [5.74, 6) is 0. The fourth-order valence-corrected chi connectivity index (χ4v) is 4.82. The van der Waals surface area contributed by atoms with E-state index in [9.17, 15) is 10.0 Å². The summed E-state index contributed by atoms with van der Waals surface area (Å²) >= 11 is 6.25. The van der Waals surface area contributed by atoms with E-state index in [1.54, 1.807) is 25.1 Å². The Labute approximate surface area is 180 Å². The summed E-state index contributed by atoms with van der Waals surface area (Å²) < 4.78 is 46.5. The van der Waals surface area contributed by atoms with Crippen molar-refractivity contribution in [2.24, 2.45) is 0 Å². The predicted octanol–water partition coefficient (Wildman–Crippen LogP) is 3.34. The summed E-state index contributed by atoms with van der Waals surface area (Å²) in [6.45, 7) is -3.27. The first-order valence-electron chi connectivity index (χ1n) is 11.7. The van der Waals surface area contributed by atoms with Crippen molar-refractivity contribution in [2.45, 2.75) is 43.8 Å². The molecule has 5 rings (SSSR count). The van der Waals surface area contributed by atoms with Crippen molar-refractivity contribution in [1.82, 2.24) is 4.90 Å². The topological polar surface area (TPSA) is 69.0 Å². The highest BCUT2D eigenvalue weighted by molar-refractivity contribution is 6.30. The zero-order chi connectivity index (χ0) is 23.8. The molecule has 0 N–H and O–H groups in total. The first kappa shape index (κ1) is 14.6. The highest BCUT2D eigenvalue weighted by atomic mass is 35.5. The molecule has 0 radical (unpaired) electrons. The summed E-state index contributed by atoms with van der Waals surface area (Å²) in [6, 6.07) is 8.77. The van der Waals surface area contributed by atoms with Gasteiger partial charge < -0.3 is 19.6 Å². The van der Waals surface area contributed by atoms with Crippen molar-refractivity contribution < 1.29 is 24.5 Å². The van der Waals surface area contributed by atoms with Crippen molar-refractivity contribution >= 4 is 17.7 Å². The molecule has 0 saturated carbocycles. The van der Waals surface area contributed by atoms with E-state index in [2.05, 4.69) is 0 Å². The number of halogens is 1. The van der Waals surface area contributed by atoms with Crippen LogP contribution in [-0.4, -0.2) is 36.2 Å². The Morgan fingerprint density at radius 2 is 2.10 bits per heavy atom. The Morgan fingerprint density at radius 1 is 1.34 bits per heavy atom. The van der Waals surface area contributed by atoms with Crippen molar-refractivity contribution in [3.63, 3.8) is 0 Å². The van der Waals surface area contributed by atoms with Crippen LogP contribution in [0.3, 0.4) is 0 Å². The van der Waals surface area contributed by atoms with Crippen LogP contribution in [0.15, 0.2) is 36.5 Å². The number of aromatic nitrogens is 1. The largest absolute Gasteiger partial charge is 0.618 e. The van der Waals surface area contributed by atoms with E-state index in [0.29, 0.717) is 34.0 Å². The lowest BCUT2D eigenvalue weighted by molar-refractivity contribution is -0.618. The van der Waals surface area contributed by atoms with E-state index in [1.807, 2.05) is 12.1 Å². The summed E-state index contributed by atoms with van der Waals surface area (Å²) in [7, 11) is 0. The molecule has 1 amide bonds. The molecular weight excluding hydrogens is 392 g/mol. The second kappa shape index (κ2) is 6.61. The van der Waals surface area contributed by atoms with Gasteiger partial charge in [-0.2, -0.15) is 4.73 Å². The van der Waals surface area contributed by atoms with Crippen molar-refractivity contribution in [3.8, 4) is 0 Å². The number of nitrogens with zero attached hydrogens (tertiary/aromatic N) is 2. The number of pyridine rings is 1. The molecule has 152 valence electrons. The van der Waals surface area contributed by atoms with Crippen LogP contribution in [-0.2, 0) is 27.9 Å². The third kappa shape index (κ3) is 2.66. The van der Waals surface area contributed by atoms with E-state index < -0.39 is 30.3 Å². The first-order chi connectivity index (χ1) is 15.5. The average Bonchev–Trinajstić information content (AvgIpc) is 3.32. The molecule has 6 nitrogen and oxygen atoms in total. The molecule has 7 heteroatoms. The van der Waals surface area contributed by atoms with Gasteiger partial charge in [0.2, 0.25) is 11.3 Å². The van der Waals surface area contributed by atoms with Gasteiger partial charge in [0.1, 0.15) is 5.60 Å². The second-order valence-corrected chi connectivity index (χ2v) is 7.93. The number of rotatable bonds is 1. The van der Waals surface area contributed by atoms with E-state index in [0.717, 1.165) is 15.9 Å². The number of piperidine rings is 1. The van der Waals surface area contributed by atoms with Gasteiger partial charge in [0.15, 0.2) is 6.20 Å². The minimum Gasteiger partial charge on any atom is -0.618 e. The Bertz CT molecular complexity index is 1140. The fraction of sp³-hybridized carbons (Fsp3) is 0.455. The number of carbonyl (C=O) groups excluding carboxylic acids is 1. The monoisotopic (exact) mass is 418 g/mol.